The summed E-state index contributed by atoms with van der Waals surface area (Å²) in [5.74, 6) is -0.0298. The van der Waals surface area contributed by atoms with Crippen LogP contribution in [0.2, 0.25) is 0 Å². The molecule has 1 aliphatic rings. The van der Waals surface area contributed by atoms with Crippen molar-refractivity contribution in [1.29, 1.82) is 5.26 Å². The van der Waals surface area contributed by atoms with E-state index < -0.39 is 21.9 Å². The van der Waals surface area contributed by atoms with Gasteiger partial charge in [-0.1, -0.05) is 31.0 Å². The molecule has 0 aliphatic heterocycles. The zero-order valence-electron chi connectivity index (χ0n) is 21.2. The average molecular weight is 512 g/mol. The highest BCUT2D eigenvalue weighted by molar-refractivity contribution is 7.90. The number of aryl methyl sites for hydroxylation is 1. The molecule has 36 heavy (non-hydrogen) atoms. The van der Waals surface area contributed by atoms with Crippen LogP contribution < -0.4 is 10.1 Å². The topological polar surface area (TPSA) is 110 Å². The predicted molar refractivity (Wildman–Crippen MR) is 140 cm³/mol. The third-order valence-corrected chi connectivity index (χ3v) is 6.29. The molecule has 2 aromatic rings. The van der Waals surface area contributed by atoms with Crippen LogP contribution in [0.5, 0.6) is 5.75 Å². The first-order valence-electron chi connectivity index (χ1n) is 12.0. The minimum atomic E-state index is -3.32. The molecule has 0 atom stereocenters. The molecule has 0 spiro atoms. The Kier molecular flexibility index (Phi) is 8.99. The Morgan fingerprint density at radius 3 is 2.42 bits per heavy atom. The lowest BCUT2D eigenvalue weighted by atomic mass is 10.0. The Balaban J connectivity index is 2.15. The van der Waals surface area contributed by atoms with E-state index in [1.807, 2.05) is 25.1 Å². The van der Waals surface area contributed by atoms with E-state index in [1.165, 1.54) is 0 Å². The van der Waals surface area contributed by atoms with Gasteiger partial charge in [0.25, 0.3) is 0 Å². The van der Waals surface area contributed by atoms with Crippen molar-refractivity contribution in [3.8, 4) is 23.1 Å². The van der Waals surface area contributed by atoms with E-state index in [0.29, 0.717) is 17.0 Å². The Morgan fingerprint density at radius 1 is 1.17 bits per heavy atom. The lowest BCUT2D eigenvalue weighted by molar-refractivity contribution is 0.130. The Bertz CT molecular complexity index is 1280. The van der Waals surface area contributed by atoms with Crippen LogP contribution in [0.3, 0.4) is 0 Å². The first-order chi connectivity index (χ1) is 17.1. The number of amides is 1. The van der Waals surface area contributed by atoms with Crippen LogP contribution >= 0.6 is 0 Å². The summed E-state index contributed by atoms with van der Waals surface area (Å²) in [7, 11) is -3.32. The molecule has 0 unspecified atom stereocenters. The molecule has 1 amide bonds. The largest absolute Gasteiger partial charge is 0.478 e. The third kappa shape index (κ3) is 7.49. The summed E-state index contributed by atoms with van der Waals surface area (Å²) in [5.41, 5.74) is 3.47. The SMILES string of the molecule is Cc1cc(OCS(C)(=O)=O)cccc(C#N)c(-c2ccc(NC(=O)OC(C)C)cc2)n1C1CCCC1. The highest BCUT2D eigenvalue weighted by Crippen LogP contribution is 2.36. The number of carbonyl (C=O) groups excluding carboxylic acids is 1. The molecule has 3 rings (SSSR count). The maximum Gasteiger partial charge on any atom is 0.411 e. The van der Waals surface area contributed by atoms with Gasteiger partial charge in [0.1, 0.15) is 11.8 Å². The summed E-state index contributed by atoms with van der Waals surface area (Å²) in [5, 5.41) is 12.8. The zero-order chi connectivity index (χ0) is 26.3. The summed E-state index contributed by atoms with van der Waals surface area (Å²) in [6, 6.07) is 16.7. The number of ether oxygens (including phenoxy) is 2. The molecule has 1 aromatic heterocycles. The monoisotopic (exact) mass is 511 g/mol. The summed E-state index contributed by atoms with van der Waals surface area (Å²) in [6.07, 6.45) is 4.49. The van der Waals surface area contributed by atoms with E-state index >= 15 is 0 Å². The third-order valence-electron chi connectivity index (χ3n) is 5.75. The van der Waals surface area contributed by atoms with Gasteiger partial charge in [-0.05, 0) is 69.5 Å². The number of hydrogen-bond donors (Lipinski definition) is 1. The number of sulfone groups is 1. The summed E-state index contributed by atoms with van der Waals surface area (Å²) in [4.78, 5) is 12.0. The molecule has 1 saturated carbocycles. The van der Waals surface area contributed by atoms with E-state index in [1.54, 1.807) is 44.2 Å². The fourth-order valence-electron chi connectivity index (χ4n) is 4.30. The van der Waals surface area contributed by atoms with E-state index in [4.69, 9.17) is 9.47 Å². The molecule has 1 aromatic carbocycles. The van der Waals surface area contributed by atoms with Crippen molar-refractivity contribution in [3.63, 3.8) is 0 Å². The van der Waals surface area contributed by atoms with Crippen molar-refractivity contribution < 1.29 is 22.7 Å². The summed E-state index contributed by atoms with van der Waals surface area (Å²) in [6.45, 7) is 5.50. The molecule has 1 heterocycles. The van der Waals surface area contributed by atoms with Crippen LogP contribution in [-0.2, 0) is 14.6 Å². The number of nitriles is 1. The molecule has 0 saturated heterocycles. The van der Waals surface area contributed by atoms with Gasteiger partial charge in [-0.2, -0.15) is 5.26 Å². The molecule has 0 bridgehead atoms. The van der Waals surface area contributed by atoms with Crippen molar-refractivity contribution in [2.45, 2.75) is 58.6 Å². The van der Waals surface area contributed by atoms with Crippen molar-refractivity contribution in [1.82, 2.24) is 4.57 Å². The minimum Gasteiger partial charge on any atom is -0.478 e. The van der Waals surface area contributed by atoms with E-state index in [2.05, 4.69) is 16.0 Å². The van der Waals surface area contributed by atoms with Gasteiger partial charge in [0.2, 0.25) is 0 Å². The van der Waals surface area contributed by atoms with Crippen LogP contribution in [0, 0.1) is 18.3 Å². The summed E-state index contributed by atoms with van der Waals surface area (Å²) < 4.78 is 36.2. The zero-order valence-corrected chi connectivity index (χ0v) is 22.0. The van der Waals surface area contributed by atoms with Crippen molar-refractivity contribution in [3.05, 3.63) is 59.8 Å². The van der Waals surface area contributed by atoms with Gasteiger partial charge in [-0.15, -0.1) is 0 Å². The van der Waals surface area contributed by atoms with E-state index in [0.717, 1.165) is 48.9 Å². The van der Waals surface area contributed by atoms with Gasteiger partial charge in [0.15, 0.2) is 15.8 Å². The van der Waals surface area contributed by atoms with Crippen LogP contribution in [-0.4, -0.2) is 37.4 Å². The lowest BCUT2D eigenvalue weighted by Gasteiger charge is -2.23. The first-order valence-corrected chi connectivity index (χ1v) is 14.0. The maximum absolute atomic E-state index is 12.0. The fourth-order valence-corrected chi connectivity index (χ4v) is 4.65. The van der Waals surface area contributed by atoms with Crippen molar-refractivity contribution in [2.24, 2.45) is 0 Å². The quantitative estimate of drug-likeness (QED) is 0.495. The average Bonchev–Trinajstić information content (AvgIpc) is 3.33. The highest BCUT2D eigenvalue weighted by atomic mass is 32.2. The number of carbonyl (C=O) groups is 1. The van der Waals surface area contributed by atoms with Crippen LogP contribution in [0.1, 0.15) is 56.8 Å². The number of rotatable bonds is 7. The van der Waals surface area contributed by atoms with Gasteiger partial charge in [-0.3, -0.25) is 5.32 Å². The van der Waals surface area contributed by atoms with Crippen molar-refractivity contribution >= 4 is 21.6 Å². The molecule has 192 valence electrons. The normalized spacial score (nSPS) is 13.7. The second kappa shape index (κ2) is 12.0. The van der Waals surface area contributed by atoms with Crippen LogP contribution in [0.4, 0.5) is 10.5 Å². The molecule has 9 heteroatoms. The standard InChI is InChI=1S/C27H33N3O5S/c1-19(2)35-27(31)29-23-14-12-21(13-15-23)26-22(17-28)8-7-11-25(34-18-36(4,32)33)16-20(3)30(26)24-9-5-6-10-24/h7-8,11-16,19,24H,5-6,9-10,18H2,1-4H3,(H,29,31). The first kappa shape index (κ1) is 27.1. The molecule has 0 radical (unpaired) electrons. The highest BCUT2D eigenvalue weighted by Gasteiger charge is 2.22. The smallest absolute Gasteiger partial charge is 0.411 e. The lowest BCUT2D eigenvalue weighted by Crippen LogP contribution is -2.17. The Hall–Kier alpha value is -3.51. The van der Waals surface area contributed by atoms with Gasteiger partial charge < -0.3 is 14.0 Å². The van der Waals surface area contributed by atoms with Gasteiger partial charge in [-0.25, -0.2) is 13.2 Å². The number of nitrogens with zero attached hydrogens (tertiary/aromatic N) is 2. The van der Waals surface area contributed by atoms with Crippen LogP contribution in [0.25, 0.3) is 11.3 Å². The number of hydrogen-bond acceptors (Lipinski definition) is 6. The number of nitrogens with one attached hydrogen (secondary N) is 1. The summed E-state index contributed by atoms with van der Waals surface area (Å²) >= 11 is 0. The molecule has 1 fully saturated rings. The van der Waals surface area contributed by atoms with Gasteiger partial charge >= 0.3 is 6.09 Å². The maximum atomic E-state index is 12.0. The second-order valence-electron chi connectivity index (χ2n) is 9.24. The Morgan fingerprint density at radius 2 is 1.83 bits per heavy atom. The van der Waals surface area contributed by atoms with E-state index in [-0.39, 0.29) is 12.1 Å². The Labute approximate surface area is 213 Å². The molecule has 8 nitrogen and oxygen atoms in total. The predicted octanol–water partition coefficient (Wildman–Crippen LogP) is 5.91. The fraction of sp³-hybridized carbons (Fsp3) is 0.407. The molecule has 1 aliphatic carbocycles. The molecule has 1 N–H and O–H groups in total. The number of anilines is 1. The van der Waals surface area contributed by atoms with Gasteiger partial charge in [0, 0.05) is 23.7 Å². The second-order valence-corrected chi connectivity index (χ2v) is 11.3. The molecular formula is C27H33N3O5S. The number of aromatic nitrogens is 1. The number of benzene rings is 1. The van der Waals surface area contributed by atoms with E-state index in [9.17, 15) is 18.5 Å². The minimum absolute atomic E-state index is 0.182. The van der Waals surface area contributed by atoms with Gasteiger partial charge in [0.05, 0.1) is 17.4 Å². The molecular weight excluding hydrogens is 478 g/mol. The van der Waals surface area contributed by atoms with Crippen molar-refractivity contribution in [2.75, 3.05) is 17.5 Å². The van der Waals surface area contributed by atoms with Crippen LogP contribution in [0.15, 0.2) is 48.5 Å².